The van der Waals surface area contributed by atoms with Crippen LogP contribution in [0.15, 0.2) is 24.3 Å². The molecule has 0 spiro atoms. The number of carbonyl (C=O) groups excluding carboxylic acids is 2. The molecule has 154 valence electrons. The van der Waals surface area contributed by atoms with Gasteiger partial charge in [0.05, 0.1) is 6.04 Å². The van der Waals surface area contributed by atoms with Crippen LogP contribution in [0.4, 0.5) is 5.69 Å². The van der Waals surface area contributed by atoms with E-state index in [4.69, 9.17) is 10.5 Å². The highest BCUT2D eigenvalue weighted by molar-refractivity contribution is 5.97. The molecule has 2 fully saturated rings. The Labute approximate surface area is 172 Å². The molecule has 1 aromatic rings. The van der Waals surface area contributed by atoms with Gasteiger partial charge in [-0.3, -0.25) is 9.59 Å². The zero-order valence-electron chi connectivity index (χ0n) is 16.2. The third-order valence-electron chi connectivity index (χ3n) is 6.37. The van der Waals surface area contributed by atoms with Gasteiger partial charge < -0.3 is 20.3 Å². The summed E-state index contributed by atoms with van der Waals surface area (Å²) in [6.07, 6.45) is 4.10. The van der Waals surface area contributed by atoms with Crippen molar-refractivity contribution in [3.8, 4) is 0 Å². The van der Waals surface area contributed by atoms with E-state index in [0.29, 0.717) is 26.3 Å². The number of nitrogens with zero attached hydrogens (tertiary/aromatic N) is 2. The number of ether oxygens (including phenoxy) is 1. The second-order valence-corrected chi connectivity index (χ2v) is 7.94. The molecule has 1 aromatic carbocycles. The molecule has 6 nitrogen and oxygen atoms in total. The van der Waals surface area contributed by atoms with E-state index in [9.17, 15) is 9.59 Å². The molecule has 0 radical (unpaired) electrons. The van der Waals surface area contributed by atoms with Crippen molar-refractivity contribution >= 4 is 29.9 Å². The van der Waals surface area contributed by atoms with Crippen LogP contribution in [0.5, 0.6) is 0 Å². The van der Waals surface area contributed by atoms with Crippen LogP contribution in [0.2, 0.25) is 0 Å². The van der Waals surface area contributed by atoms with Crippen LogP contribution in [0.25, 0.3) is 0 Å². The number of hydrogen-bond donors (Lipinski definition) is 1. The Morgan fingerprint density at radius 1 is 1.04 bits per heavy atom. The van der Waals surface area contributed by atoms with Crippen LogP contribution in [-0.4, -0.2) is 55.6 Å². The monoisotopic (exact) mass is 407 g/mol. The number of piperidine rings is 1. The van der Waals surface area contributed by atoms with E-state index in [1.165, 1.54) is 5.56 Å². The largest absolute Gasteiger partial charge is 0.381 e. The lowest BCUT2D eigenvalue weighted by molar-refractivity contribution is -0.138. The fourth-order valence-corrected chi connectivity index (χ4v) is 4.62. The van der Waals surface area contributed by atoms with Crippen LogP contribution in [-0.2, 0) is 20.7 Å². The molecule has 4 rings (SSSR count). The highest BCUT2D eigenvalue weighted by atomic mass is 35.5. The molecule has 2 saturated heterocycles. The molecule has 3 aliphatic heterocycles. The average molecular weight is 408 g/mol. The molecule has 3 heterocycles. The molecule has 7 heteroatoms. The standard InChI is InChI=1S/C21H29N3O3.ClH/c22-19(16-8-13-27-14-9-16)21(26)23-10-5-17(6-11-23)20(25)24-12-7-15-3-1-2-4-18(15)24;/h1-4,16-17,19H,5-14,22H2;1H. The van der Waals surface area contributed by atoms with Crippen LogP contribution >= 0.6 is 12.4 Å². The van der Waals surface area contributed by atoms with Crippen molar-refractivity contribution in [3.05, 3.63) is 29.8 Å². The molecule has 1 atom stereocenters. The van der Waals surface area contributed by atoms with Gasteiger partial charge in [-0.05, 0) is 49.7 Å². The summed E-state index contributed by atoms with van der Waals surface area (Å²) in [5.41, 5.74) is 8.56. The van der Waals surface area contributed by atoms with Crippen LogP contribution in [0, 0.1) is 11.8 Å². The van der Waals surface area contributed by atoms with Crippen LogP contribution in [0.3, 0.4) is 0 Å². The second kappa shape index (κ2) is 9.25. The van der Waals surface area contributed by atoms with E-state index in [1.807, 2.05) is 28.0 Å². The third-order valence-corrected chi connectivity index (χ3v) is 6.37. The topological polar surface area (TPSA) is 75.9 Å². The number of anilines is 1. The van der Waals surface area contributed by atoms with Crippen molar-refractivity contribution < 1.29 is 14.3 Å². The van der Waals surface area contributed by atoms with Crippen molar-refractivity contribution in [2.45, 2.75) is 38.1 Å². The summed E-state index contributed by atoms with van der Waals surface area (Å²) >= 11 is 0. The maximum atomic E-state index is 13.0. The number of amides is 2. The van der Waals surface area contributed by atoms with E-state index in [-0.39, 0.29) is 36.1 Å². The van der Waals surface area contributed by atoms with Gasteiger partial charge in [-0.2, -0.15) is 0 Å². The summed E-state index contributed by atoms with van der Waals surface area (Å²) in [5.74, 6) is 0.464. The molecule has 0 aliphatic carbocycles. The fraction of sp³-hybridized carbons (Fsp3) is 0.619. The van der Waals surface area contributed by atoms with Gasteiger partial charge in [0.25, 0.3) is 0 Å². The minimum absolute atomic E-state index is 0. The lowest BCUT2D eigenvalue weighted by atomic mass is 9.90. The van der Waals surface area contributed by atoms with Crippen molar-refractivity contribution in [1.29, 1.82) is 0 Å². The van der Waals surface area contributed by atoms with Crippen molar-refractivity contribution in [2.75, 3.05) is 37.7 Å². The van der Waals surface area contributed by atoms with Gasteiger partial charge in [0.15, 0.2) is 0 Å². The summed E-state index contributed by atoms with van der Waals surface area (Å²) in [6, 6.07) is 7.71. The zero-order chi connectivity index (χ0) is 18.8. The van der Waals surface area contributed by atoms with Gasteiger partial charge in [0, 0.05) is 44.5 Å². The number of benzene rings is 1. The van der Waals surface area contributed by atoms with Gasteiger partial charge in [-0.25, -0.2) is 0 Å². The maximum absolute atomic E-state index is 13.0. The highest BCUT2D eigenvalue weighted by Gasteiger charge is 2.36. The van der Waals surface area contributed by atoms with Crippen molar-refractivity contribution in [3.63, 3.8) is 0 Å². The minimum atomic E-state index is -0.438. The number of likely N-dealkylation sites (tertiary alicyclic amines) is 1. The Kier molecular flexibility index (Phi) is 6.96. The molecule has 0 bridgehead atoms. The lowest BCUT2D eigenvalue weighted by Gasteiger charge is -2.36. The molecule has 2 amide bonds. The molecule has 28 heavy (non-hydrogen) atoms. The molecule has 0 aromatic heterocycles. The second-order valence-electron chi connectivity index (χ2n) is 7.94. The summed E-state index contributed by atoms with van der Waals surface area (Å²) in [4.78, 5) is 29.6. The zero-order valence-corrected chi connectivity index (χ0v) is 17.0. The number of rotatable bonds is 3. The van der Waals surface area contributed by atoms with Crippen molar-refractivity contribution in [1.82, 2.24) is 4.90 Å². The summed E-state index contributed by atoms with van der Waals surface area (Å²) in [6.45, 7) is 3.41. The van der Waals surface area contributed by atoms with E-state index < -0.39 is 6.04 Å². The van der Waals surface area contributed by atoms with Gasteiger partial charge in [-0.15, -0.1) is 12.4 Å². The van der Waals surface area contributed by atoms with E-state index >= 15 is 0 Å². The first-order valence-corrected chi connectivity index (χ1v) is 10.2. The molecule has 3 aliphatic rings. The molecule has 0 saturated carbocycles. The van der Waals surface area contributed by atoms with Gasteiger partial charge in [-0.1, -0.05) is 18.2 Å². The first-order chi connectivity index (χ1) is 13.1. The predicted molar refractivity (Wildman–Crippen MR) is 111 cm³/mol. The summed E-state index contributed by atoms with van der Waals surface area (Å²) in [7, 11) is 0. The summed E-state index contributed by atoms with van der Waals surface area (Å²) in [5, 5.41) is 0. The Balaban J connectivity index is 0.00000225. The maximum Gasteiger partial charge on any atom is 0.239 e. The number of hydrogen-bond acceptors (Lipinski definition) is 4. The van der Waals surface area contributed by atoms with Gasteiger partial charge >= 0.3 is 0 Å². The van der Waals surface area contributed by atoms with Crippen LogP contribution < -0.4 is 10.6 Å². The SMILES string of the molecule is Cl.NC(C(=O)N1CCC(C(=O)N2CCc3ccccc32)CC1)C1CCOCC1. The Hall–Kier alpha value is -1.63. The molecule has 1 unspecified atom stereocenters. The number of nitrogens with two attached hydrogens (primary N) is 1. The number of halogens is 1. The number of para-hydroxylation sites is 1. The minimum Gasteiger partial charge on any atom is -0.381 e. The van der Waals surface area contributed by atoms with E-state index in [2.05, 4.69) is 6.07 Å². The Morgan fingerprint density at radius 3 is 2.43 bits per heavy atom. The van der Waals surface area contributed by atoms with Gasteiger partial charge in [0.2, 0.25) is 11.8 Å². The molecular formula is C21H30ClN3O3. The Morgan fingerprint density at radius 2 is 1.71 bits per heavy atom. The fourth-order valence-electron chi connectivity index (χ4n) is 4.62. The Bertz CT molecular complexity index is 700. The quantitative estimate of drug-likeness (QED) is 0.831. The average Bonchev–Trinajstić information content (AvgIpc) is 3.17. The molecular weight excluding hydrogens is 378 g/mol. The highest BCUT2D eigenvalue weighted by Crippen LogP contribution is 2.31. The van der Waals surface area contributed by atoms with Crippen LogP contribution in [0.1, 0.15) is 31.2 Å². The first-order valence-electron chi connectivity index (χ1n) is 10.2. The first kappa shape index (κ1) is 21.1. The lowest BCUT2D eigenvalue weighted by Crippen LogP contribution is -2.52. The van der Waals surface area contributed by atoms with E-state index in [1.54, 1.807) is 0 Å². The predicted octanol–water partition coefficient (Wildman–Crippen LogP) is 1.99. The van der Waals surface area contributed by atoms with E-state index in [0.717, 1.165) is 44.3 Å². The smallest absolute Gasteiger partial charge is 0.239 e. The number of carbonyl (C=O) groups is 2. The third kappa shape index (κ3) is 4.19. The summed E-state index contributed by atoms with van der Waals surface area (Å²) < 4.78 is 5.37. The molecule has 2 N–H and O–H groups in total. The number of fused-ring (bicyclic) bond motifs is 1. The van der Waals surface area contributed by atoms with Crippen molar-refractivity contribution in [2.24, 2.45) is 17.6 Å². The normalized spacial score (nSPS) is 21.8. The van der Waals surface area contributed by atoms with Gasteiger partial charge in [0.1, 0.15) is 0 Å².